The number of amides is 2. The standard InChI is InChI=1S/C19H24ClN5O/c1-14(2)22-19(26)23-16-6-7-18(21-13-16)25-10-8-24(9-11-25)17-5-3-4-15(20)12-17/h3-7,12-14H,8-11H2,1-2H3,(H2,22,23,26). The van der Waals surface area contributed by atoms with Gasteiger partial charge in [0.25, 0.3) is 0 Å². The Bertz CT molecular complexity index is 742. The van der Waals surface area contributed by atoms with Gasteiger partial charge in [0.1, 0.15) is 5.82 Å². The van der Waals surface area contributed by atoms with Gasteiger partial charge in [0, 0.05) is 42.9 Å². The zero-order valence-corrected chi connectivity index (χ0v) is 15.8. The van der Waals surface area contributed by atoms with Crippen LogP contribution in [0.4, 0.5) is 22.0 Å². The van der Waals surface area contributed by atoms with Crippen LogP contribution < -0.4 is 20.4 Å². The van der Waals surface area contributed by atoms with Gasteiger partial charge in [-0.25, -0.2) is 9.78 Å². The van der Waals surface area contributed by atoms with E-state index >= 15 is 0 Å². The van der Waals surface area contributed by atoms with Crippen LogP contribution in [0.5, 0.6) is 0 Å². The molecule has 1 saturated heterocycles. The molecule has 1 fully saturated rings. The van der Waals surface area contributed by atoms with Gasteiger partial charge in [0.2, 0.25) is 0 Å². The second-order valence-electron chi connectivity index (χ2n) is 6.61. The van der Waals surface area contributed by atoms with E-state index in [-0.39, 0.29) is 12.1 Å². The van der Waals surface area contributed by atoms with E-state index in [1.54, 1.807) is 6.20 Å². The van der Waals surface area contributed by atoms with Crippen molar-refractivity contribution < 1.29 is 4.79 Å². The van der Waals surface area contributed by atoms with E-state index in [4.69, 9.17) is 11.6 Å². The van der Waals surface area contributed by atoms with E-state index < -0.39 is 0 Å². The molecule has 0 unspecified atom stereocenters. The molecule has 0 saturated carbocycles. The lowest BCUT2D eigenvalue weighted by Gasteiger charge is -2.36. The molecule has 1 aromatic carbocycles. The van der Waals surface area contributed by atoms with Crippen LogP contribution in [0.3, 0.4) is 0 Å². The molecule has 138 valence electrons. The highest BCUT2D eigenvalue weighted by Gasteiger charge is 2.18. The zero-order chi connectivity index (χ0) is 18.5. The van der Waals surface area contributed by atoms with Gasteiger partial charge in [-0.3, -0.25) is 0 Å². The molecule has 6 nitrogen and oxygen atoms in total. The van der Waals surface area contributed by atoms with Crippen LogP contribution >= 0.6 is 11.6 Å². The minimum absolute atomic E-state index is 0.0954. The van der Waals surface area contributed by atoms with E-state index in [0.29, 0.717) is 5.69 Å². The molecule has 26 heavy (non-hydrogen) atoms. The fourth-order valence-electron chi connectivity index (χ4n) is 2.94. The number of benzene rings is 1. The summed E-state index contributed by atoms with van der Waals surface area (Å²) in [4.78, 5) is 20.8. The van der Waals surface area contributed by atoms with E-state index in [9.17, 15) is 4.79 Å². The molecule has 0 bridgehead atoms. The molecule has 1 aliphatic rings. The number of piperazine rings is 1. The van der Waals surface area contributed by atoms with Crippen molar-refractivity contribution in [3.63, 3.8) is 0 Å². The van der Waals surface area contributed by atoms with Crippen molar-refractivity contribution in [2.24, 2.45) is 0 Å². The number of nitrogens with one attached hydrogen (secondary N) is 2. The fourth-order valence-corrected chi connectivity index (χ4v) is 3.13. The number of aromatic nitrogens is 1. The number of pyridine rings is 1. The van der Waals surface area contributed by atoms with Gasteiger partial charge in [-0.2, -0.15) is 0 Å². The Kier molecular flexibility index (Phi) is 5.83. The summed E-state index contributed by atoms with van der Waals surface area (Å²) >= 11 is 6.09. The molecule has 2 amide bonds. The average Bonchev–Trinajstić information content (AvgIpc) is 2.62. The number of carbonyl (C=O) groups excluding carboxylic acids is 1. The highest BCUT2D eigenvalue weighted by Crippen LogP contribution is 2.22. The van der Waals surface area contributed by atoms with Gasteiger partial charge < -0.3 is 20.4 Å². The Morgan fingerprint density at radius 1 is 1.12 bits per heavy atom. The molecule has 7 heteroatoms. The Morgan fingerprint density at radius 2 is 1.85 bits per heavy atom. The van der Waals surface area contributed by atoms with Gasteiger partial charge >= 0.3 is 6.03 Å². The second-order valence-corrected chi connectivity index (χ2v) is 7.05. The van der Waals surface area contributed by atoms with Crippen molar-refractivity contribution in [1.29, 1.82) is 0 Å². The number of hydrogen-bond acceptors (Lipinski definition) is 4. The van der Waals surface area contributed by atoms with Crippen molar-refractivity contribution in [1.82, 2.24) is 10.3 Å². The summed E-state index contributed by atoms with van der Waals surface area (Å²) in [5, 5.41) is 6.34. The first-order valence-corrected chi connectivity index (χ1v) is 9.18. The molecule has 3 rings (SSSR count). The smallest absolute Gasteiger partial charge is 0.319 e. The quantitative estimate of drug-likeness (QED) is 0.859. The van der Waals surface area contributed by atoms with Crippen LogP contribution in [0.1, 0.15) is 13.8 Å². The first-order valence-electron chi connectivity index (χ1n) is 8.80. The van der Waals surface area contributed by atoms with Crippen molar-refractivity contribution in [2.45, 2.75) is 19.9 Å². The summed E-state index contributed by atoms with van der Waals surface area (Å²) in [7, 11) is 0. The SMILES string of the molecule is CC(C)NC(=O)Nc1ccc(N2CCN(c3cccc(Cl)c3)CC2)nc1. The van der Waals surface area contributed by atoms with Gasteiger partial charge in [0.15, 0.2) is 0 Å². The lowest BCUT2D eigenvalue weighted by Crippen LogP contribution is -2.46. The largest absolute Gasteiger partial charge is 0.368 e. The number of rotatable bonds is 4. The van der Waals surface area contributed by atoms with Crippen molar-refractivity contribution in [3.05, 3.63) is 47.6 Å². The lowest BCUT2D eigenvalue weighted by molar-refractivity contribution is 0.250. The summed E-state index contributed by atoms with van der Waals surface area (Å²) in [5.74, 6) is 0.922. The maximum atomic E-state index is 11.7. The number of hydrogen-bond donors (Lipinski definition) is 2. The molecule has 0 spiro atoms. The Morgan fingerprint density at radius 3 is 2.46 bits per heavy atom. The summed E-state index contributed by atoms with van der Waals surface area (Å²) in [6.07, 6.45) is 1.69. The number of anilines is 3. The third-order valence-electron chi connectivity index (χ3n) is 4.20. The second kappa shape index (κ2) is 8.27. The molecular formula is C19H24ClN5O. The van der Waals surface area contributed by atoms with Crippen LogP contribution in [-0.2, 0) is 0 Å². The van der Waals surface area contributed by atoms with E-state index in [0.717, 1.165) is 42.7 Å². The van der Waals surface area contributed by atoms with Crippen molar-refractivity contribution in [3.8, 4) is 0 Å². The number of urea groups is 1. The van der Waals surface area contributed by atoms with Crippen LogP contribution in [-0.4, -0.2) is 43.2 Å². The van der Waals surface area contributed by atoms with Crippen molar-refractivity contribution in [2.75, 3.05) is 41.3 Å². The molecule has 2 N–H and O–H groups in total. The fraction of sp³-hybridized carbons (Fsp3) is 0.368. The maximum absolute atomic E-state index is 11.7. The first-order chi connectivity index (χ1) is 12.5. The van der Waals surface area contributed by atoms with Gasteiger partial charge in [-0.15, -0.1) is 0 Å². The van der Waals surface area contributed by atoms with Gasteiger partial charge in [-0.05, 0) is 44.2 Å². The monoisotopic (exact) mass is 373 g/mol. The zero-order valence-electron chi connectivity index (χ0n) is 15.1. The normalized spacial score (nSPS) is 14.5. The lowest BCUT2D eigenvalue weighted by atomic mass is 10.2. The molecule has 0 aliphatic carbocycles. The van der Waals surface area contributed by atoms with E-state index in [2.05, 4.69) is 31.5 Å². The topological polar surface area (TPSA) is 60.5 Å². The number of carbonyl (C=O) groups is 1. The highest BCUT2D eigenvalue weighted by atomic mass is 35.5. The third-order valence-corrected chi connectivity index (χ3v) is 4.44. The molecule has 1 aliphatic heterocycles. The van der Waals surface area contributed by atoms with Crippen LogP contribution in [0.2, 0.25) is 5.02 Å². The third kappa shape index (κ3) is 4.79. The van der Waals surface area contributed by atoms with Crippen LogP contribution in [0.25, 0.3) is 0 Å². The van der Waals surface area contributed by atoms with Gasteiger partial charge in [0.05, 0.1) is 11.9 Å². The highest BCUT2D eigenvalue weighted by molar-refractivity contribution is 6.30. The summed E-state index contributed by atoms with van der Waals surface area (Å²) in [6, 6.07) is 11.7. The predicted octanol–water partition coefficient (Wildman–Crippen LogP) is 3.59. The number of halogens is 1. The Labute approximate surface area is 159 Å². The first kappa shape index (κ1) is 18.3. The average molecular weight is 374 g/mol. The summed E-state index contributed by atoms with van der Waals surface area (Å²) < 4.78 is 0. The summed E-state index contributed by atoms with van der Waals surface area (Å²) in [5.41, 5.74) is 1.84. The molecule has 1 aromatic heterocycles. The molecule has 0 radical (unpaired) electrons. The Hall–Kier alpha value is -2.47. The van der Waals surface area contributed by atoms with Crippen molar-refractivity contribution >= 4 is 34.8 Å². The molecular weight excluding hydrogens is 350 g/mol. The molecule has 2 aromatic rings. The molecule has 0 atom stereocenters. The Balaban J connectivity index is 1.55. The van der Waals surface area contributed by atoms with Crippen LogP contribution in [0, 0.1) is 0 Å². The minimum atomic E-state index is -0.218. The van der Waals surface area contributed by atoms with Crippen LogP contribution in [0.15, 0.2) is 42.6 Å². The predicted molar refractivity (Wildman–Crippen MR) is 107 cm³/mol. The maximum Gasteiger partial charge on any atom is 0.319 e. The minimum Gasteiger partial charge on any atom is -0.368 e. The number of nitrogens with zero attached hydrogens (tertiary/aromatic N) is 3. The summed E-state index contributed by atoms with van der Waals surface area (Å²) in [6.45, 7) is 7.45. The molecule has 2 heterocycles. The van der Waals surface area contributed by atoms with E-state index in [1.807, 2.05) is 44.2 Å². The van der Waals surface area contributed by atoms with E-state index in [1.165, 1.54) is 0 Å². The van der Waals surface area contributed by atoms with Gasteiger partial charge in [-0.1, -0.05) is 17.7 Å².